The van der Waals surface area contributed by atoms with Gasteiger partial charge < -0.3 is 10.2 Å². The van der Waals surface area contributed by atoms with Gasteiger partial charge in [-0.3, -0.25) is 4.79 Å². The molecule has 0 aliphatic heterocycles. The van der Waals surface area contributed by atoms with E-state index in [4.69, 9.17) is 5.11 Å². The SMILES string of the molecule is O=C(O)CC1(CC(O)c2cc(Br)c(Br)s2)CCCCC1. The lowest BCUT2D eigenvalue weighted by Crippen LogP contribution is -2.29. The van der Waals surface area contributed by atoms with E-state index >= 15 is 0 Å². The maximum Gasteiger partial charge on any atom is 0.303 e. The molecule has 0 bridgehead atoms. The highest BCUT2D eigenvalue weighted by atomic mass is 79.9. The first-order valence-electron chi connectivity index (χ1n) is 6.76. The highest BCUT2D eigenvalue weighted by Crippen LogP contribution is 2.47. The van der Waals surface area contributed by atoms with Gasteiger partial charge in [0.05, 0.1) is 16.3 Å². The summed E-state index contributed by atoms with van der Waals surface area (Å²) in [5, 5.41) is 19.6. The second-order valence-corrected chi connectivity index (χ2v) is 8.88. The molecule has 6 heteroatoms. The molecule has 0 saturated heterocycles. The minimum Gasteiger partial charge on any atom is -0.481 e. The van der Waals surface area contributed by atoms with Gasteiger partial charge >= 0.3 is 5.97 Å². The van der Waals surface area contributed by atoms with Crippen LogP contribution in [0.4, 0.5) is 0 Å². The summed E-state index contributed by atoms with van der Waals surface area (Å²) < 4.78 is 1.90. The number of rotatable bonds is 5. The molecular formula is C14H18Br2O3S. The fraction of sp³-hybridized carbons (Fsp3) is 0.643. The molecule has 2 rings (SSSR count). The number of carboxylic acid groups (broad SMARTS) is 1. The molecule has 112 valence electrons. The minimum atomic E-state index is -0.757. The molecule has 1 unspecified atom stereocenters. The van der Waals surface area contributed by atoms with Crippen molar-refractivity contribution >= 4 is 49.2 Å². The lowest BCUT2D eigenvalue weighted by Gasteiger charge is -2.37. The van der Waals surface area contributed by atoms with Crippen LogP contribution in [-0.4, -0.2) is 16.2 Å². The Kier molecular flexibility index (Phi) is 5.68. The van der Waals surface area contributed by atoms with E-state index in [0.717, 1.165) is 38.8 Å². The maximum absolute atomic E-state index is 11.2. The zero-order valence-electron chi connectivity index (χ0n) is 11.1. The molecule has 1 aromatic rings. The van der Waals surface area contributed by atoms with E-state index in [-0.39, 0.29) is 11.8 Å². The Morgan fingerprint density at radius 3 is 2.50 bits per heavy atom. The quantitative estimate of drug-likeness (QED) is 0.687. The Morgan fingerprint density at radius 1 is 1.35 bits per heavy atom. The molecule has 1 atom stereocenters. The largest absolute Gasteiger partial charge is 0.481 e. The van der Waals surface area contributed by atoms with Crippen LogP contribution in [0.25, 0.3) is 0 Å². The van der Waals surface area contributed by atoms with Crippen molar-refractivity contribution in [3.63, 3.8) is 0 Å². The molecule has 0 aromatic carbocycles. The summed E-state index contributed by atoms with van der Waals surface area (Å²) >= 11 is 8.35. The topological polar surface area (TPSA) is 57.5 Å². The lowest BCUT2D eigenvalue weighted by atomic mass is 9.68. The van der Waals surface area contributed by atoms with Gasteiger partial charge in [-0.15, -0.1) is 11.3 Å². The highest BCUT2D eigenvalue weighted by molar-refractivity contribution is 9.13. The molecule has 20 heavy (non-hydrogen) atoms. The van der Waals surface area contributed by atoms with Gasteiger partial charge in [-0.2, -0.15) is 0 Å². The predicted molar refractivity (Wildman–Crippen MR) is 87.1 cm³/mol. The molecule has 1 aliphatic rings. The summed E-state index contributed by atoms with van der Waals surface area (Å²) in [6, 6.07) is 1.91. The van der Waals surface area contributed by atoms with Crippen molar-refractivity contribution in [2.75, 3.05) is 0 Å². The number of halogens is 2. The number of thiophene rings is 1. The Labute approximate surface area is 139 Å². The number of hydrogen-bond donors (Lipinski definition) is 2. The van der Waals surface area contributed by atoms with Crippen LogP contribution in [0.3, 0.4) is 0 Å². The van der Waals surface area contributed by atoms with Crippen LogP contribution in [-0.2, 0) is 4.79 Å². The molecule has 1 aromatic heterocycles. The van der Waals surface area contributed by atoms with E-state index in [0.29, 0.717) is 6.42 Å². The van der Waals surface area contributed by atoms with Crippen molar-refractivity contribution in [1.29, 1.82) is 0 Å². The van der Waals surface area contributed by atoms with Crippen molar-refractivity contribution in [2.45, 2.75) is 51.0 Å². The van der Waals surface area contributed by atoms with Gasteiger partial charge in [0.2, 0.25) is 0 Å². The average Bonchev–Trinajstić information content (AvgIpc) is 2.69. The zero-order valence-corrected chi connectivity index (χ0v) is 15.1. The molecule has 0 amide bonds. The number of hydrogen-bond acceptors (Lipinski definition) is 3. The fourth-order valence-electron chi connectivity index (χ4n) is 3.11. The number of carboxylic acids is 1. The second-order valence-electron chi connectivity index (χ2n) is 5.62. The first kappa shape index (κ1) is 16.5. The summed E-state index contributed by atoms with van der Waals surface area (Å²) in [5.41, 5.74) is -0.244. The maximum atomic E-state index is 11.2. The minimum absolute atomic E-state index is 0.164. The van der Waals surface area contributed by atoms with Gasteiger partial charge in [-0.25, -0.2) is 0 Å². The van der Waals surface area contributed by atoms with Gasteiger partial charge in [-0.05, 0) is 62.6 Å². The molecule has 1 fully saturated rings. The molecule has 2 N–H and O–H groups in total. The van der Waals surface area contributed by atoms with Crippen LogP contribution in [0.15, 0.2) is 14.3 Å². The van der Waals surface area contributed by atoms with Gasteiger partial charge in [0.25, 0.3) is 0 Å². The standard InChI is InChI=1S/C14H18Br2O3S/c15-9-6-11(20-13(9)16)10(17)7-14(8-12(18)19)4-2-1-3-5-14/h6,10,17H,1-5,7-8H2,(H,18,19). The van der Waals surface area contributed by atoms with Crippen molar-refractivity contribution in [1.82, 2.24) is 0 Å². The summed E-state index contributed by atoms with van der Waals surface area (Å²) in [4.78, 5) is 12.0. The smallest absolute Gasteiger partial charge is 0.303 e. The van der Waals surface area contributed by atoms with Crippen molar-refractivity contribution in [3.05, 3.63) is 19.2 Å². The van der Waals surface area contributed by atoms with E-state index in [1.807, 2.05) is 6.07 Å². The number of carbonyl (C=O) groups is 1. The van der Waals surface area contributed by atoms with Gasteiger partial charge in [0.15, 0.2) is 0 Å². The first-order valence-corrected chi connectivity index (χ1v) is 9.17. The summed E-state index contributed by atoms with van der Waals surface area (Å²) in [6.45, 7) is 0. The van der Waals surface area contributed by atoms with E-state index in [1.54, 1.807) is 0 Å². The van der Waals surface area contributed by atoms with Gasteiger partial charge in [-0.1, -0.05) is 19.3 Å². The van der Waals surface area contributed by atoms with Crippen LogP contribution >= 0.6 is 43.2 Å². The van der Waals surface area contributed by atoms with E-state index in [9.17, 15) is 9.90 Å². The molecule has 1 aliphatic carbocycles. The van der Waals surface area contributed by atoms with Crippen LogP contribution in [0.5, 0.6) is 0 Å². The summed E-state index contributed by atoms with van der Waals surface area (Å²) in [7, 11) is 0. The first-order chi connectivity index (χ1) is 9.42. The monoisotopic (exact) mass is 424 g/mol. The van der Waals surface area contributed by atoms with E-state index in [2.05, 4.69) is 31.9 Å². The molecule has 0 spiro atoms. The molecule has 1 saturated carbocycles. The number of aliphatic carboxylic acids is 1. The van der Waals surface area contributed by atoms with Gasteiger partial charge in [0.1, 0.15) is 0 Å². The van der Waals surface area contributed by atoms with Crippen molar-refractivity contribution in [3.8, 4) is 0 Å². The molecule has 3 nitrogen and oxygen atoms in total. The van der Waals surface area contributed by atoms with Crippen molar-refractivity contribution < 1.29 is 15.0 Å². The molecule has 1 heterocycles. The number of aliphatic hydroxyl groups is 1. The van der Waals surface area contributed by atoms with Crippen LogP contribution in [0.2, 0.25) is 0 Å². The zero-order chi connectivity index (χ0) is 14.8. The van der Waals surface area contributed by atoms with E-state index in [1.165, 1.54) is 17.8 Å². The van der Waals surface area contributed by atoms with Crippen LogP contribution in [0.1, 0.15) is 55.9 Å². The van der Waals surface area contributed by atoms with Crippen molar-refractivity contribution in [2.24, 2.45) is 5.41 Å². The third kappa shape index (κ3) is 4.06. The lowest BCUT2D eigenvalue weighted by molar-refractivity contribution is -0.141. The van der Waals surface area contributed by atoms with E-state index < -0.39 is 12.1 Å². The molecular weight excluding hydrogens is 408 g/mol. The third-order valence-corrected chi connectivity index (χ3v) is 7.42. The van der Waals surface area contributed by atoms with Crippen LogP contribution < -0.4 is 0 Å². The summed E-state index contributed by atoms with van der Waals surface area (Å²) in [6.07, 6.45) is 5.24. The Bertz CT molecular complexity index is 461. The average molecular weight is 426 g/mol. The third-order valence-electron chi connectivity index (χ3n) is 4.06. The fourth-order valence-corrected chi connectivity index (χ4v) is 5.19. The predicted octanol–water partition coefficient (Wildman–Crippen LogP) is 5.12. The Morgan fingerprint density at radius 2 is 2.00 bits per heavy atom. The molecule has 0 radical (unpaired) electrons. The summed E-state index contributed by atoms with van der Waals surface area (Å²) in [5.74, 6) is -0.757. The number of aliphatic hydroxyl groups excluding tert-OH is 1. The van der Waals surface area contributed by atoms with Crippen LogP contribution in [0, 0.1) is 5.41 Å². The normalized spacial score (nSPS) is 19.8. The van der Waals surface area contributed by atoms with Gasteiger partial charge in [0, 0.05) is 9.35 Å². The highest BCUT2D eigenvalue weighted by Gasteiger charge is 2.37. The Hall–Kier alpha value is 0.0900. The Balaban J connectivity index is 2.12. The second kappa shape index (κ2) is 6.90.